The summed E-state index contributed by atoms with van der Waals surface area (Å²) < 4.78 is 22.2. The second-order valence-electron chi connectivity index (χ2n) is 17.2. The second kappa shape index (κ2) is 43.5. The number of amides is 1. The Kier molecular flexibility index (Phi) is 43.1. The molecule has 4 atom stereocenters. The summed E-state index contributed by atoms with van der Waals surface area (Å²) in [5, 5.41) is 24.3. The highest BCUT2D eigenvalue weighted by molar-refractivity contribution is 7.47. The lowest BCUT2D eigenvalue weighted by Crippen LogP contribution is -2.47. The minimum atomic E-state index is -4.37. The Balaban J connectivity index is 4.09. The van der Waals surface area contributed by atoms with Crippen LogP contribution >= 0.6 is 7.82 Å². The first-order valence-electron chi connectivity index (χ1n) is 24.7. The van der Waals surface area contributed by atoms with Gasteiger partial charge in [0.05, 0.1) is 37.9 Å². The van der Waals surface area contributed by atoms with Crippen molar-refractivity contribution in [2.75, 3.05) is 19.8 Å². The molecule has 0 aromatic heterocycles. The summed E-state index contributed by atoms with van der Waals surface area (Å²) >= 11 is 0. The lowest BCUT2D eigenvalue weighted by molar-refractivity contribution is -0.125. The van der Waals surface area contributed by atoms with Crippen molar-refractivity contribution < 1.29 is 33.5 Å². The van der Waals surface area contributed by atoms with Gasteiger partial charge in [0.1, 0.15) is 0 Å². The van der Waals surface area contributed by atoms with Crippen molar-refractivity contribution >= 4 is 13.7 Å². The number of aliphatic hydroxyl groups excluding tert-OH is 2. The van der Waals surface area contributed by atoms with Crippen LogP contribution in [0.25, 0.3) is 0 Å². The van der Waals surface area contributed by atoms with Crippen molar-refractivity contribution in [1.29, 1.82) is 0 Å². The normalized spacial score (nSPS) is 14.4. The fraction of sp³-hybridized carbons (Fsp3) is 0.979. The zero-order chi connectivity index (χ0) is 41.9. The average molecular weight is 833 g/mol. The maximum atomic E-state index is 12.9. The number of nitrogens with one attached hydrogen (secondary N) is 1. The Morgan fingerprint density at radius 1 is 0.526 bits per heavy atom. The molecule has 0 heterocycles. The van der Waals surface area contributed by atoms with E-state index < -0.39 is 32.0 Å². The molecule has 57 heavy (non-hydrogen) atoms. The van der Waals surface area contributed by atoms with Crippen molar-refractivity contribution in [1.82, 2.24) is 5.32 Å². The topological polar surface area (TPSA) is 151 Å². The van der Waals surface area contributed by atoms with Crippen LogP contribution in [0.2, 0.25) is 0 Å². The highest BCUT2D eigenvalue weighted by Crippen LogP contribution is 2.43. The molecule has 9 nitrogen and oxygen atoms in total. The van der Waals surface area contributed by atoms with E-state index in [2.05, 4.69) is 19.2 Å². The third kappa shape index (κ3) is 42.0. The van der Waals surface area contributed by atoms with Gasteiger partial charge in [0, 0.05) is 6.54 Å². The molecule has 0 aromatic rings. The summed E-state index contributed by atoms with van der Waals surface area (Å²) in [5.74, 6) is -0.407. The SMILES string of the molecule is CCCCCCCCCCCCCCCCCCCCCCCC(O)CC(=O)NC(COP(=O)(O)OCCN)C(O)CCCCCCCCCCCCCCCC. The van der Waals surface area contributed by atoms with Crippen LogP contribution in [0.5, 0.6) is 0 Å². The predicted molar refractivity (Wildman–Crippen MR) is 242 cm³/mol. The first-order chi connectivity index (χ1) is 27.8. The molecule has 342 valence electrons. The van der Waals surface area contributed by atoms with Gasteiger partial charge in [-0.25, -0.2) is 4.57 Å². The van der Waals surface area contributed by atoms with Crippen LogP contribution < -0.4 is 11.1 Å². The number of aliphatic hydroxyl groups is 2. The van der Waals surface area contributed by atoms with Crippen molar-refractivity contribution in [2.24, 2.45) is 5.73 Å². The number of phosphoric acid groups is 1. The molecule has 1 amide bonds. The first kappa shape index (κ1) is 56.5. The van der Waals surface area contributed by atoms with Crippen LogP contribution in [0.15, 0.2) is 0 Å². The van der Waals surface area contributed by atoms with Gasteiger partial charge in [-0.2, -0.15) is 0 Å². The van der Waals surface area contributed by atoms with Crippen LogP contribution in [-0.2, 0) is 18.4 Å². The lowest BCUT2D eigenvalue weighted by atomic mass is 10.0. The minimum Gasteiger partial charge on any atom is -0.393 e. The van der Waals surface area contributed by atoms with Gasteiger partial charge in [0.2, 0.25) is 5.91 Å². The number of carbonyl (C=O) groups excluding carboxylic acids is 1. The average Bonchev–Trinajstić information content (AvgIpc) is 3.19. The van der Waals surface area contributed by atoms with Crippen LogP contribution in [0.1, 0.15) is 258 Å². The largest absolute Gasteiger partial charge is 0.472 e. The highest BCUT2D eigenvalue weighted by Gasteiger charge is 2.28. The van der Waals surface area contributed by atoms with E-state index in [-0.39, 0.29) is 26.2 Å². The van der Waals surface area contributed by atoms with Gasteiger partial charge >= 0.3 is 7.82 Å². The fourth-order valence-corrected chi connectivity index (χ4v) is 8.53. The van der Waals surface area contributed by atoms with Gasteiger partial charge in [-0.15, -0.1) is 0 Å². The van der Waals surface area contributed by atoms with Crippen molar-refractivity contribution in [3.63, 3.8) is 0 Å². The smallest absolute Gasteiger partial charge is 0.393 e. The molecule has 4 unspecified atom stereocenters. The zero-order valence-corrected chi connectivity index (χ0v) is 38.6. The van der Waals surface area contributed by atoms with Crippen molar-refractivity contribution in [2.45, 2.75) is 276 Å². The van der Waals surface area contributed by atoms with E-state index in [1.165, 1.54) is 186 Å². The summed E-state index contributed by atoms with van der Waals surface area (Å²) in [4.78, 5) is 22.8. The molecule has 0 fully saturated rings. The molecule has 0 rings (SSSR count). The van der Waals surface area contributed by atoms with Crippen molar-refractivity contribution in [3.8, 4) is 0 Å². The van der Waals surface area contributed by atoms with E-state index in [0.717, 1.165) is 38.5 Å². The van der Waals surface area contributed by atoms with E-state index >= 15 is 0 Å². The third-order valence-corrected chi connectivity index (χ3v) is 12.5. The number of nitrogens with two attached hydrogens (primary N) is 1. The number of phosphoric ester groups is 1. The third-order valence-electron chi connectivity index (χ3n) is 11.5. The first-order valence-corrected chi connectivity index (χ1v) is 26.2. The Morgan fingerprint density at radius 3 is 1.18 bits per heavy atom. The molecular weight excluding hydrogens is 735 g/mol. The van der Waals surface area contributed by atoms with E-state index in [0.29, 0.717) is 12.8 Å². The summed E-state index contributed by atoms with van der Waals surface area (Å²) in [6.07, 6.45) is 44.4. The number of hydrogen-bond donors (Lipinski definition) is 5. The van der Waals surface area contributed by atoms with E-state index in [4.69, 9.17) is 14.8 Å². The lowest BCUT2D eigenvalue weighted by Gasteiger charge is -2.25. The van der Waals surface area contributed by atoms with E-state index in [1.54, 1.807) is 0 Å². The van der Waals surface area contributed by atoms with Gasteiger partial charge in [-0.1, -0.05) is 239 Å². The Labute approximate surface area is 353 Å². The number of hydrogen-bond acceptors (Lipinski definition) is 7. The van der Waals surface area contributed by atoms with Gasteiger partial charge < -0.3 is 26.2 Å². The van der Waals surface area contributed by atoms with Crippen LogP contribution in [0, 0.1) is 0 Å². The monoisotopic (exact) mass is 833 g/mol. The van der Waals surface area contributed by atoms with Gasteiger partial charge in [0.15, 0.2) is 0 Å². The van der Waals surface area contributed by atoms with Gasteiger partial charge in [-0.3, -0.25) is 13.8 Å². The molecule has 10 heteroatoms. The molecule has 0 aliphatic carbocycles. The van der Waals surface area contributed by atoms with Crippen LogP contribution in [-0.4, -0.2) is 59.0 Å². The molecule has 0 saturated heterocycles. The Morgan fingerprint density at radius 2 is 0.842 bits per heavy atom. The molecule has 0 saturated carbocycles. The summed E-state index contributed by atoms with van der Waals surface area (Å²) in [5.41, 5.74) is 5.38. The predicted octanol–water partition coefficient (Wildman–Crippen LogP) is 13.1. The quantitative estimate of drug-likeness (QED) is 0.0300. The van der Waals surface area contributed by atoms with Gasteiger partial charge in [0.25, 0.3) is 0 Å². The van der Waals surface area contributed by atoms with Crippen LogP contribution in [0.4, 0.5) is 0 Å². The number of unbranched alkanes of at least 4 members (excludes halogenated alkanes) is 33. The molecule has 6 N–H and O–H groups in total. The maximum Gasteiger partial charge on any atom is 0.472 e. The molecule has 0 aliphatic rings. The van der Waals surface area contributed by atoms with Crippen molar-refractivity contribution in [3.05, 3.63) is 0 Å². The van der Waals surface area contributed by atoms with E-state index in [9.17, 15) is 24.5 Å². The van der Waals surface area contributed by atoms with Gasteiger partial charge in [-0.05, 0) is 12.8 Å². The number of carbonyl (C=O) groups is 1. The molecule has 0 spiro atoms. The summed E-state index contributed by atoms with van der Waals surface area (Å²) in [7, 11) is -4.37. The molecule has 0 aliphatic heterocycles. The minimum absolute atomic E-state index is 0.0628. The standard InChI is InChI=1S/C47H97N2O7P/c1-3-5-7-9-11-13-15-17-19-20-21-22-23-24-25-26-28-30-32-34-36-38-44(50)42-47(52)49-45(43-56-57(53,54)55-41-40-48)46(51)39-37-35-33-31-29-27-18-16-14-12-10-8-6-4-2/h44-46,50-51H,3-43,48H2,1-2H3,(H,49,52)(H,53,54). The maximum absolute atomic E-state index is 12.9. The molecule has 0 aromatic carbocycles. The molecule has 0 bridgehead atoms. The second-order valence-corrected chi connectivity index (χ2v) is 18.7. The summed E-state index contributed by atoms with van der Waals surface area (Å²) in [6, 6.07) is -0.891. The van der Waals surface area contributed by atoms with E-state index in [1.807, 2.05) is 0 Å². The fourth-order valence-electron chi connectivity index (χ4n) is 7.77. The molecular formula is C47H97N2O7P. The Hall–Kier alpha value is -0.540. The summed E-state index contributed by atoms with van der Waals surface area (Å²) in [6.45, 7) is 4.08. The highest BCUT2D eigenvalue weighted by atomic mass is 31.2. The number of rotatable bonds is 47. The Bertz CT molecular complexity index is 883. The van der Waals surface area contributed by atoms with Crippen LogP contribution in [0.3, 0.4) is 0 Å². The molecule has 0 radical (unpaired) electrons. The zero-order valence-electron chi connectivity index (χ0n) is 37.7.